The molecule has 7 N–H and O–H groups in total. The zero-order valence-corrected chi connectivity index (χ0v) is 22.2. The normalized spacial score (nSPS) is 13.9. The van der Waals surface area contributed by atoms with Crippen LogP contribution in [0.25, 0.3) is 0 Å². The number of hydrogen-bond donors (Lipinski definition) is 5. The first-order valence-corrected chi connectivity index (χ1v) is 12.4. The molecule has 0 fully saturated rings. The molecule has 10 heteroatoms. The third-order valence-electron chi connectivity index (χ3n) is 5.41. The minimum atomic E-state index is -0.865. The topological polar surface area (TPSA) is 134 Å². The smallest absolute Gasteiger partial charge is 0.132 e. The van der Waals surface area contributed by atoms with Crippen molar-refractivity contribution in [2.45, 2.75) is 31.5 Å². The number of aliphatic hydroxyl groups excluding tert-OH is 3. The quantitative estimate of drug-likeness (QED) is 0.102. The van der Waals surface area contributed by atoms with Gasteiger partial charge in [-0.2, -0.15) is 0 Å². The van der Waals surface area contributed by atoms with Crippen LogP contribution in [0.15, 0.2) is 54.4 Å². The van der Waals surface area contributed by atoms with Crippen molar-refractivity contribution in [3.63, 3.8) is 0 Å². The molecule has 0 saturated carbocycles. The van der Waals surface area contributed by atoms with Crippen molar-refractivity contribution in [3.8, 4) is 11.5 Å². The molecule has 0 aliphatic carbocycles. The second-order valence-electron chi connectivity index (χ2n) is 8.35. The van der Waals surface area contributed by atoms with Crippen molar-refractivity contribution in [3.05, 3.63) is 69.1 Å². The molecule has 0 aliphatic heterocycles. The Kier molecular flexibility index (Phi) is 11.2. The average molecular weight is 606 g/mol. The molecule has 0 bridgehead atoms. The van der Waals surface area contributed by atoms with E-state index in [-0.39, 0.29) is 37.7 Å². The highest BCUT2D eigenvalue weighted by atomic mass is 127. The standard InChI is InChI=1S/C24H33ClIN3O5/c1-24(2,17-5-8-23(22(26)9-17)34-14-19(31)10-25)16-3-6-21(7-4-16)33-15-20(32)12-29(28)18(11-27)13-30/h3-9,11,19-20,30-32H,10,12-15,27-28H2,1-2H3/b18-11-/t19-,20+/m1/s1. The summed E-state index contributed by atoms with van der Waals surface area (Å²) in [5.41, 5.74) is 7.63. The summed E-state index contributed by atoms with van der Waals surface area (Å²) >= 11 is 7.85. The van der Waals surface area contributed by atoms with Gasteiger partial charge in [0, 0.05) is 11.6 Å². The number of benzene rings is 2. The summed E-state index contributed by atoms with van der Waals surface area (Å²) in [6.07, 6.45) is -0.372. The van der Waals surface area contributed by atoms with Crippen LogP contribution in [0.1, 0.15) is 25.0 Å². The van der Waals surface area contributed by atoms with Crippen LogP contribution >= 0.6 is 34.2 Å². The number of ether oxygens (including phenoxy) is 2. The Bertz CT molecular complexity index is 943. The minimum Gasteiger partial charge on any atom is -0.491 e. The van der Waals surface area contributed by atoms with Crippen molar-refractivity contribution >= 4 is 34.2 Å². The zero-order chi connectivity index (χ0) is 25.3. The fourth-order valence-corrected chi connectivity index (χ4v) is 3.96. The Balaban J connectivity index is 2.00. The van der Waals surface area contributed by atoms with Crippen LogP contribution in [0.2, 0.25) is 0 Å². The Labute approximate surface area is 219 Å². The van der Waals surface area contributed by atoms with E-state index < -0.39 is 12.2 Å². The summed E-state index contributed by atoms with van der Waals surface area (Å²) in [5, 5.41) is 30.1. The second-order valence-corrected chi connectivity index (χ2v) is 9.82. The fraction of sp³-hybridized carbons (Fsp3) is 0.417. The molecule has 34 heavy (non-hydrogen) atoms. The summed E-state index contributed by atoms with van der Waals surface area (Å²) in [7, 11) is 0. The molecule has 2 rings (SSSR count). The Morgan fingerprint density at radius 3 is 2.26 bits per heavy atom. The Hall–Kier alpha value is -1.76. The molecule has 0 spiro atoms. The maximum Gasteiger partial charge on any atom is 0.132 e. The van der Waals surface area contributed by atoms with Gasteiger partial charge in [0.2, 0.25) is 0 Å². The van der Waals surface area contributed by atoms with E-state index in [0.29, 0.717) is 17.2 Å². The molecule has 0 unspecified atom stereocenters. The van der Waals surface area contributed by atoms with Crippen molar-refractivity contribution in [2.24, 2.45) is 11.6 Å². The second kappa shape index (κ2) is 13.4. The van der Waals surface area contributed by atoms with Crippen molar-refractivity contribution in [1.82, 2.24) is 5.01 Å². The SMILES string of the molecule is CC(C)(c1ccc(OC[C@@H](O)CN(N)/C(=C\N)CO)cc1)c1ccc(OC[C@H](O)CCl)c(I)c1. The van der Waals surface area contributed by atoms with E-state index >= 15 is 0 Å². The lowest BCUT2D eigenvalue weighted by atomic mass is 9.78. The molecule has 188 valence electrons. The van der Waals surface area contributed by atoms with Crippen LogP contribution in [0.3, 0.4) is 0 Å². The number of nitrogens with zero attached hydrogens (tertiary/aromatic N) is 1. The summed E-state index contributed by atoms with van der Waals surface area (Å²) < 4.78 is 12.3. The third-order valence-corrected chi connectivity index (χ3v) is 6.61. The van der Waals surface area contributed by atoms with Crippen LogP contribution in [0.4, 0.5) is 0 Å². The summed E-state index contributed by atoms with van der Waals surface area (Å²) in [6.45, 7) is 4.21. The van der Waals surface area contributed by atoms with Gasteiger partial charge >= 0.3 is 0 Å². The highest BCUT2D eigenvalue weighted by Gasteiger charge is 2.24. The predicted octanol–water partition coefficient (Wildman–Crippen LogP) is 2.30. The van der Waals surface area contributed by atoms with Crippen molar-refractivity contribution < 1.29 is 24.8 Å². The number of nitrogens with two attached hydrogens (primary N) is 2. The van der Waals surface area contributed by atoms with Gasteiger partial charge in [-0.15, -0.1) is 11.6 Å². The van der Waals surface area contributed by atoms with Crippen LogP contribution in [0.5, 0.6) is 11.5 Å². The van der Waals surface area contributed by atoms with Gasteiger partial charge in [-0.25, -0.2) is 5.84 Å². The predicted molar refractivity (Wildman–Crippen MR) is 142 cm³/mol. The van der Waals surface area contributed by atoms with E-state index in [0.717, 1.165) is 14.7 Å². The third kappa shape index (κ3) is 7.89. The molecular formula is C24H33ClIN3O5. The van der Waals surface area contributed by atoms with E-state index in [1.54, 1.807) is 0 Å². The molecule has 0 saturated heterocycles. The van der Waals surface area contributed by atoms with E-state index in [1.807, 2.05) is 36.4 Å². The molecule has 2 atom stereocenters. The van der Waals surface area contributed by atoms with Crippen molar-refractivity contribution in [1.29, 1.82) is 0 Å². The number of rotatable bonds is 13. The zero-order valence-electron chi connectivity index (χ0n) is 19.3. The highest BCUT2D eigenvalue weighted by molar-refractivity contribution is 14.1. The first-order valence-electron chi connectivity index (χ1n) is 10.7. The monoisotopic (exact) mass is 605 g/mol. The number of halogens is 2. The van der Waals surface area contributed by atoms with Crippen molar-refractivity contribution in [2.75, 3.05) is 32.2 Å². The molecule has 0 heterocycles. The van der Waals surface area contributed by atoms with Crippen LogP contribution < -0.4 is 21.1 Å². The molecule has 0 aromatic heterocycles. The summed E-state index contributed by atoms with van der Waals surface area (Å²) in [6, 6.07) is 13.7. The maximum absolute atomic E-state index is 10.2. The number of alkyl halides is 1. The van der Waals surface area contributed by atoms with Gasteiger partial charge in [0.05, 0.1) is 28.3 Å². The minimum absolute atomic E-state index is 0.0395. The fourth-order valence-electron chi connectivity index (χ4n) is 3.20. The van der Waals surface area contributed by atoms with Crippen LogP contribution in [-0.2, 0) is 5.41 Å². The first kappa shape index (κ1) is 28.5. The van der Waals surface area contributed by atoms with Crippen LogP contribution in [0, 0.1) is 3.57 Å². The summed E-state index contributed by atoms with van der Waals surface area (Å²) in [5.74, 6) is 7.22. The molecule has 2 aromatic rings. The van der Waals surface area contributed by atoms with Crippen LogP contribution in [-0.4, -0.2) is 64.8 Å². The molecule has 2 aromatic carbocycles. The molecular weight excluding hydrogens is 573 g/mol. The van der Waals surface area contributed by atoms with Gasteiger partial charge in [-0.1, -0.05) is 32.0 Å². The van der Waals surface area contributed by atoms with Gasteiger partial charge in [0.1, 0.15) is 36.9 Å². The van der Waals surface area contributed by atoms with Gasteiger partial charge in [-0.05, 0) is 58.0 Å². The van der Waals surface area contributed by atoms with Gasteiger partial charge < -0.3 is 35.5 Å². The van der Waals surface area contributed by atoms with Gasteiger partial charge in [0.25, 0.3) is 0 Å². The van der Waals surface area contributed by atoms with E-state index in [1.165, 1.54) is 11.2 Å². The largest absolute Gasteiger partial charge is 0.491 e. The van der Waals surface area contributed by atoms with E-state index in [9.17, 15) is 15.3 Å². The van der Waals surface area contributed by atoms with E-state index in [4.69, 9.17) is 32.7 Å². The molecule has 8 nitrogen and oxygen atoms in total. The maximum atomic E-state index is 10.2. The van der Waals surface area contributed by atoms with Gasteiger partial charge in [0.15, 0.2) is 0 Å². The first-order chi connectivity index (χ1) is 16.1. The molecule has 0 aliphatic rings. The highest BCUT2D eigenvalue weighted by Crippen LogP contribution is 2.35. The summed E-state index contributed by atoms with van der Waals surface area (Å²) in [4.78, 5) is 0. The molecule has 0 amide bonds. The Morgan fingerprint density at radius 2 is 1.71 bits per heavy atom. The lowest BCUT2D eigenvalue weighted by Gasteiger charge is -2.27. The van der Waals surface area contributed by atoms with Gasteiger partial charge in [-0.3, -0.25) is 0 Å². The Morgan fingerprint density at radius 1 is 1.09 bits per heavy atom. The van der Waals surface area contributed by atoms with E-state index in [2.05, 4.69) is 42.5 Å². The lowest BCUT2D eigenvalue weighted by Crippen LogP contribution is -2.40. The number of aliphatic hydroxyl groups is 3. The average Bonchev–Trinajstić information content (AvgIpc) is 2.82. The lowest BCUT2D eigenvalue weighted by molar-refractivity contribution is 0.0745. The molecule has 0 radical (unpaired) electrons. The number of hydrogen-bond acceptors (Lipinski definition) is 8. The number of hydrazine groups is 1.